The Balaban J connectivity index is 2.33. The maximum atomic E-state index is 13.6. The molecule has 1 heterocycles. The molecule has 19 heavy (non-hydrogen) atoms. The molecule has 5 nitrogen and oxygen atoms in total. The molecule has 0 aliphatic heterocycles. The molecule has 0 fully saturated rings. The standard InChI is InChI=1S/C12H9FN2O3S/c1-6-14-5-9(19-6)11(16)15-10-7(12(17)18)3-2-4-8(10)13/h2-5H,1H3,(H,15,16)(H,17,18). The number of aromatic nitrogens is 1. The summed E-state index contributed by atoms with van der Waals surface area (Å²) in [5, 5.41) is 11.9. The molecule has 2 rings (SSSR count). The highest BCUT2D eigenvalue weighted by Crippen LogP contribution is 2.22. The van der Waals surface area contributed by atoms with E-state index < -0.39 is 17.7 Å². The van der Waals surface area contributed by atoms with Crippen LogP contribution in [0.5, 0.6) is 0 Å². The predicted molar refractivity (Wildman–Crippen MR) is 68.2 cm³/mol. The number of nitrogens with zero attached hydrogens (tertiary/aromatic N) is 1. The average Bonchev–Trinajstić information content (AvgIpc) is 2.78. The summed E-state index contributed by atoms with van der Waals surface area (Å²) >= 11 is 1.14. The second-order valence-electron chi connectivity index (χ2n) is 3.67. The molecule has 1 amide bonds. The van der Waals surface area contributed by atoms with Crippen molar-refractivity contribution in [1.82, 2.24) is 4.98 Å². The number of hydrogen-bond donors (Lipinski definition) is 2. The van der Waals surface area contributed by atoms with Gasteiger partial charge in [-0.3, -0.25) is 4.79 Å². The molecule has 1 aromatic carbocycles. The molecule has 7 heteroatoms. The molecule has 0 saturated carbocycles. The van der Waals surface area contributed by atoms with Crippen molar-refractivity contribution in [2.45, 2.75) is 6.92 Å². The molecule has 0 aliphatic carbocycles. The quantitative estimate of drug-likeness (QED) is 0.905. The van der Waals surface area contributed by atoms with Crippen LogP contribution in [0.1, 0.15) is 25.0 Å². The molecular formula is C12H9FN2O3S. The van der Waals surface area contributed by atoms with Crippen molar-refractivity contribution in [2.75, 3.05) is 5.32 Å². The Bertz CT molecular complexity index is 654. The summed E-state index contributed by atoms with van der Waals surface area (Å²) in [5.74, 6) is -2.69. The first-order valence-corrected chi connectivity index (χ1v) is 6.06. The maximum absolute atomic E-state index is 13.6. The Morgan fingerprint density at radius 3 is 2.74 bits per heavy atom. The first-order chi connectivity index (χ1) is 8.99. The number of carbonyl (C=O) groups is 2. The number of nitrogens with one attached hydrogen (secondary N) is 1. The van der Waals surface area contributed by atoms with Gasteiger partial charge in [0, 0.05) is 0 Å². The molecule has 0 aliphatic rings. The normalized spacial score (nSPS) is 10.2. The summed E-state index contributed by atoms with van der Waals surface area (Å²) in [5.41, 5.74) is -0.638. The van der Waals surface area contributed by atoms with Gasteiger partial charge in [-0.05, 0) is 19.1 Å². The molecule has 2 N–H and O–H groups in total. The van der Waals surface area contributed by atoms with E-state index in [1.54, 1.807) is 6.92 Å². The third-order valence-corrected chi connectivity index (χ3v) is 3.24. The SMILES string of the molecule is Cc1ncc(C(=O)Nc2c(F)cccc2C(=O)O)s1. The van der Waals surface area contributed by atoms with E-state index in [0.29, 0.717) is 5.01 Å². The van der Waals surface area contributed by atoms with Crippen molar-refractivity contribution in [1.29, 1.82) is 0 Å². The van der Waals surface area contributed by atoms with E-state index >= 15 is 0 Å². The summed E-state index contributed by atoms with van der Waals surface area (Å²) in [6, 6.07) is 3.57. The minimum atomic E-state index is -1.31. The predicted octanol–water partition coefficient (Wildman–Crippen LogP) is 2.54. The Labute approximate surface area is 111 Å². The number of aryl methyl sites for hydroxylation is 1. The summed E-state index contributed by atoms with van der Waals surface area (Å²) < 4.78 is 13.6. The van der Waals surface area contributed by atoms with Crippen molar-refractivity contribution in [2.24, 2.45) is 0 Å². The lowest BCUT2D eigenvalue weighted by Crippen LogP contribution is -2.15. The number of carbonyl (C=O) groups excluding carboxylic acids is 1. The van der Waals surface area contributed by atoms with Crippen LogP contribution in [0.25, 0.3) is 0 Å². The average molecular weight is 280 g/mol. The van der Waals surface area contributed by atoms with Crippen molar-refractivity contribution in [3.8, 4) is 0 Å². The van der Waals surface area contributed by atoms with Crippen LogP contribution in [0.2, 0.25) is 0 Å². The fraction of sp³-hybridized carbons (Fsp3) is 0.0833. The molecule has 98 valence electrons. The van der Waals surface area contributed by atoms with E-state index in [2.05, 4.69) is 10.3 Å². The Morgan fingerprint density at radius 1 is 1.42 bits per heavy atom. The van der Waals surface area contributed by atoms with Crippen LogP contribution in [0.15, 0.2) is 24.4 Å². The lowest BCUT2D eigenvalue weighted by atomic mass is 10.1. The highest BCUT2D eigenvalue weighted by Gasteiger charge is 2.18. The highest BCUT2D eigenvalue weighted by molar-refractivity contribution is 7.13. The number of halogens is 1. The van der Waals surface area contributed by atoms with Gasteiger partial charge in [0.15, 0.2) is 0 Å². The minimum Gasteiger partial charge on any atom is -0.478 e. The molecule has 1 aromatic heterocycles. The van der Waals surface area contributed by atoms with Crippen molar-refractivity contribution >= 4 is 28.9 Å². The number of aromatic carboxylic acids is 1. The van der Waals surface area contributed by atoms with Gasteiger partial charge in [0.1, 0.15) is 10.7 Å². The maximum Gasteiger partial charge on any atom is 0.337 e. The van der Waals surface area contributed by atoms with Crippen molar-refractivity contribution in [3.05, 3.63) is 45.7 Å². The number of benzene rings is 1. The number of para-hydroxylation sites is 1. The lowest BCUT2D eigenvalue weighted by molar-refractivity contribution is 0.0697. The van der Waals surface area contributed by atoms with Gasteiger partial charge in [-0.15, -0.1) is 11.3 Å². The molecular weight excluding hydrogens is 271 g/mol. The van der Waals surface area contributed by atoms with Gasteiger partial charge in [0.25, 0.3) is 5.91 Å². The van der Waals surface area contributed by atoms with Gasteiger partial charge in [-0.2, -0.15) is 0 Å². The zero-order valence-corrected chi connectivity index (χ0v) is 10.6. The van der Waals surface area contributed by atoms with E-state index in [1.807, 2.05) is 0 Å². The van der Waals surface area contributed by atoms with E-state index in [9.17, 15) is 14.0 Å². The fourth-order valence-electron chi connectivity index (χ4n) is 1.47. The Morgan fingerprint density at radius 2 is 2.16 bits per heavy atom. The minimum absolute atomic E-state index is 0.289. The third kappa shape index (κ3) is 2.76. The van der Waals surface area contributed by atoms with E-state index in [1.165, 1.54) is 18.3 Å². The summed E-state index contributed by atoms with van der Waals surface area (Å²) in [4.78, 5) is 27.0. The molecule has 0 bridgehead atoms. The molecule has 0 saturated heterocycles. The second kappa shape index (κ2) is 5.15. The molecule has 2 aromatic rings. The number of carboxylic acid groups (broad SMARTS) is 1. The van der Waals surface area contributed by atoms with Crippen molar-refractivity contribution in [3.63, 3.8) is 0 Å². The first-order valence-electron chi connectivity index (χ1n) is 5.24. The van der Waals surface area contributed by atoms with Gasteiger partial charge in [0.05, 0.1) is 22.5 Å². The van der Waals surface area contributed by atoms with Crippen molar-refractivity contribution < 1.29 is 19.1 Å². The van der Waals surface area contributed by atoms with E-state index in [4.69, 9.17) is 5.11 Å². The van der Waals surface area contributed by atoms with Crippen LogP contribution in [-0.2, 0) is 0 Å². The Kier molecular flexibility index (Phi) is 3.57. The fourth-order valence-corrected chi connectivity index (χ4v) is 2.14. The van der Waals surface area contributed by atoms with Crippen LogP contribution >= 0.6 is 11.3 Å². The molecule has 0 atom stereocenters. The van der Waals surface area contributed by atoms with Crippen LogP contribution < -0.4 is 5.32 Å². The lowest BCUT2D eigenvalue weighted by Gasteiger charge is -2.08. The topological polar surface area (TPSA) is 79.3 Å². The van der Waals surface area contributed by atoms with Gasteiger partial charge in [0.2, 0.25) is 0 Å². The number of carboxylic acids is 1. The van der Waals surface area contributed by atoms with Gasteiger partial charge in [-0.25, -0.2) is 14.2 Å². The number of rotatable bonds is 3. The van der Waals surface area contributed by atoms with E-state index in [-0.39, 0.29) is 16.1 Å². The second-order valence-corrected chi connectivity index (χ2v) is 4.90. The third-order valence-electron chi connectivity index (χ3n) is 2.33. The van der Waals surface area contributed by atoms with Crippen LogP contribution in [0.4, 0.5) is 10.1 Å². The van der Waals surface area contributed by atoms with Gasteiger partial charge >= 0.3 is 5.97 Å². The first kappa shape index (κ1) is 13.2. The Hall–Kier alpha value is -2.28. The summed E-state index contributed by atoms with van der Waals surface area (Å²) in [7, 11) is 0. The van der Waals surface area contributed by atoms with Crippen LogP contribution in [0.3, 0.4) is 0 Å². The summed E-state index contributed by atoms with van der Waals surface area (Å²) in [6.07, 6.45) is 1.36. The molecule has 0 radical (unpaired) electrons. The number of hydrogen-bond acceptors (Lipinski definition) is 4. The number of thiazole rings is 1. The largest absolute Gasteiger partial charge is 0.478 e. The molecule has 0 spiro atoms. The zero-order valence-electron chi connectivity index (χ0n) is 9.81. The molecule has 0 unspecified atom stereocenters. The highest BCUT2D eigenvalue weighted by atomic mass is 32.1. The number of anilines is 1. The smallest absolute Gasteiger partial charge is 0.337 e. The van der Waals surface area contributed by atoms with Crippen LogP contribution in [-0.4, -0.2) is 22.0 Å². The number of amides is 1. The zero-order chi connectivity index (χ0) is 14.0. The van der Waals surface area contributed by atoms with Gasteiger partial charge in [-0.1, -0.05) is 6.07 Å². The van der Waals surface area contributed by atoms with Gasteiger partial charge < -0.3 is 10.4 Å². The summed E-state index contributed by atoms with van der Waals surface area (Å²) in [6.45, 7) is 1.73. The van der Waals surface area contributed by atoms with Crippen LogP contribution in [0, 0.1) is 12.7 Å². The monoisotopic (exact) mass is 280 g/mol. The van der Waals surface area contributed by atoms with E-state index in [0.717, 1.165) is 17.4 Å².